The first kappa shape index (κ1) is 18.4. The molecule has 24 heavy (non-hydrogen) atoms. The smallest absolute Gasteiger partial charge is 0.234 e. The van der Waals surface area contributed by atoms with Crippen molar-refractivity contribution in [3.8, 4) is 0 Å². The van der Waals surface area contributed by atoms with Crippen LogP contribution in [0, 0.1) is 0 Å². The second-order valence-corrected chi connectivity index (χ2v) is 7.48. The van der Waals surface area contributed by atoms with Gasteiger partial charge in [0.1, 0.15) is 0 Å². The minimum Gasteiger partial charge on any atom is -0.325 e. The molecule has 1 aromatic carbocycles. The van der Waals surface area contributed by atoms with Crippen LogP contribution in [0.1, 0.15) is 45.7 Å². The van der Waals surface area contributed by atoms with E-state index in [9.17, 15) is 4.79 Å². The van der Waals surface area contributed by atoms with E-state index in [4.69, 9.17) is 0 Å². The minimum atomic E-state index is -0.216. The minimum absolute atomic E-state index is 0.0425. The molecule has 7 heteroatoms. The van der Waals surface area contributed by atoms with Crippen LogP contribution in [0.3, 0.4) is 0 Å². The summed E-state index contributed by atoms with van der Waals surface area (Å²) in [7, 11) is 0. The molecule has 0 spiro atoms. The number of benzene rings is 1. The molecule has 0 bridgehead atoms. The molecule has 1 heterocycles. The van der Waals surface area contributed by atoms with Gasteiger partial charge in [0, 0.05) is 5.69 Å². The maximum atomic E-state index is 12.4. The van der Waals surface area contributed by atoms with Crippen molar-refractivity contribution in [1.82, 2.24) is 20.2 Å². The Labute approximate surface area is 147 Å². The van der Waals surface area contributed by atoms with Gasteiger partial charge in [0.25, 0.3) is 0 Å². The number of para-hydroxylation sites is 1. The van der Waals surface area contributed by atoms with Gasteiger partial charge in [-0.3, -0.25) is 4.79 Å². The van der Waals surface area contributed by atoms with Gasteiger partial charge in [0.05, 0.1) is 11.3 Å². The van der Waals surface area contributed by atoms with Crippen LogP contribution in [-0.4, -0.2) is 31.9 Å². The van der Waals surface area contributed by atoms with Crippen LogP contribution in [0.4, 0.5) is 5.69 Å². The van der Waals surface area contributed by atoms with E-state index in [1.54, 1.807) is 4.68 Å². The summed E-state index contributed by atoms with van der Waals surface area (Å²) < 4.78 is 1.74. The average molecular weight is 347 g/mol. The molecule has 0 radical (unpaired) electrons. The molecule has 0 saturated carbocycles. The maximum absolute atomic E-state index is 12.4. The summed E-state index contributed by atoms with van der Waals surface area (Å²) in [5, 5.41) is 15.5. The Morgan fingerprint density at radius 1 is 1.21 bits per heavy atom. The maximum Gasteiger partial charge on any atom is 0.234 e. The fourth-order valence-electron chi connectivity index (χ4n) is 2.40. The van der Waals surface area contributed by atoms with Gasteiger partial charge in [0.2, 0.25) is 11.1 Å². The van der Waals surface area contributed by atoms with Crippen molar-refractivity contribution in [3.63, 3.8) is 0 Å². The summed E-state index contributed by atoms with van der Waals surface area (Å²) in [5.74, 6) is 0.233. The number of carbonyl (C=O) groups excluding carboxylic acids is 1. The Bertz CT molecular complexity index is 683. The Hall–Kier alpha value is -1.89. The molecule has 130 valence electrons. The number of aromatic nitrogens is 4. The highest BCUT2D eigenvalue weighted by atomic mass is 32.2. The zero-order chi connectivity index (χ0) is 17.7. The lowest BCUT2D eigenvalue weighted by Gasteiger charge is -2.19. The lowest BCUT2D eigenvalue weighted by Crippen LogP contribution is -2.25. The number of nitrogens with zero attached hydrogens (tertiary/aromatic N) is 4. The fraction of sp³-hybridized carbons (Fsp3) is 0.529. The standard InChI is InChI=1S/C17H25N5OS/c1-6-12-9-8-10-13(7-2)15(12)18-14(23)11-24-16-19-20-21-22(16)17(3,4)5/h8-10H,6-7,11H2,1-5H3,(H,18,23). The average Bonchev–Trinajstić information content (AvgIpc) is 3.02. The molecule has 2 rings (SSSR count). The largest absolute Gasteiger partial charge is 0.325 e. The van der Waals surface area contributed by atoms with E-state index < -0.39 is 0 Å². The number of rotatable bonds is 6. The van der Waals surface area contributed by atoms with Gasteiger partial charge in [-0.15, -0.1) is 5.10 Å². The SMILES string of the molecule is CCc1cccc(CC)c1NC(=O)CSc1nnnn1C(C)(C)C. The summed E-state index contributed by atoms with van der Waals surface area (Å²) in [5.41, 5.74) is 3.05. The molecule has 6 nitrogen and oxygen atoms in total. The molecule has 1 aromatic heterocycles. The summed E-state index contributed by atoms with van der Waals surface area (Å²) in [6, 6.07) is 6.16. The number of hydrogen-bond donors (Lipinski definition) is 1. The highest BCUT2D eigenvalue weighted by Gasteiger charge is 2.21. The first-order valence-corrected chi connectivity index (χ1v) is 9.17. The Morgan fingerprint density at radius 2 is 1.83 bits per heavy atom. The van der Waals surface area contributed by atoms with E-state index in [-0.39, 0.29) is 17.2 Å². The number of nitrogens with one attached hydrogen (secondary N) is 1. The van der Waals surface area contributed by atoms with Crippen LogP contribution in [0.25, 0.3) is 0 Å². The van der Waals surface area contributed by atoms with E-state index in [1.807, 2.05) is 26.8 Å². The summed E-state index contributed by atoms with van der Waals surface area (Å²) in [6.45, 7) is 10.3. The molecule has 1 amide bonds. The predicted molar refractivity (Wildman–Crippen MR) is 97.4 cm³/mol. The number of hydrogen-bond acceptors (Lipinski definition) is 5. The molecule has 0 saturated heterocycles. The van der Waals surface area contributed by atoms with Gasteiger partial charge in [-0.05, 0) is 55.2 Å². The molecule has 0 aliphatic carbocycles. The number of amides is 1. The van der Waals surface area contributed by atoms with Crippen molar-refractivity contribution in [2.24, 2.45) is 0 Å². The van der Waals surface area contributed by atoms with Crippen LogP contribution in [0.5, 0.6) is 0 Å². The van der Waals surface area contributed by atoms with E-state index in [0.29, 0.717) is 5.16 Å². The molecule has 0 aliphatic heterocycles. The van der Waals surface area contributed by atoms with Crippen molar-refractivity contribution in [3.05, 3.63) is 29.3 Å². The summed E-state index contributed by atoms with van der Waals surface area (Å²) in [4.78, 5) is 12.4. The molecule has 0 unspecified atom stereocenters. The predicted octanol–water partition coefficient (Wildman–Crippen LogP) is 3.28. The van der Waals surface area contributed by atoms with E-state index >= 15 is 0 Å². The van der Waals surface area contributed by atoms with Crippen molar-refractivity contribution in [2.45, 2.75) is 58.2 Å². The molecular weight excluding hydrogens is 322 g/mol. The van der Waals surface area contributed by atoms with Crippen LogP contribution in [0.15, 0.2) is 23.4 Å². The Balaban J connectivity index is 2.07. The second kappa shape index (κ2) is 7.79. The fourth-order valence-corrected chi connectivity index (χ4v) is 3.26. The van der Waals surface area contributed by atoms with Crippen molar-refractivity contribution >= 4 is 23.4 Å². The van der Waals surface area contributed by atoms with Gasteiger partial charge in [-0.25, -0.2) is 4.68 Å². The molecule has 1 N–H and O–H groups in total. The summed E-state index contributed by atoms with van der Waals surface area (Å²) >= 11 is 1.35. The zero-order valence-corrected chi connectivity index (χ0v) is 15.8. The molecule has 0 fully saturated rings. The van der Waals surface area contributed by atoms with Crippen LogP contribution >= 0.6 is 11.8 Å². The van der Waals surface area contributed by atoms with E-state index in [2.05, 4.69) is 46.8 Å². The van der Waals surface area contributed by atoms with E-state index in [0.717, 1.165) is 29.7 Å². The molecule has 0 aliphatic rings. The Kier molecular flexibility index (Phi) is 5.99. The van der Waals surface area contributed by atoms with Crippen LogP contribution in [-0.2, 0) is 23.2 Å². The van der Waals surface area contributed by atoms with Crippen molar-refractivity contribution in [2.75, 3.05) is 11.1 Å². The van der Waals surface area contributed by atoms with Gasteiger partial charge in [0.15, 0.2) is 0 Å². The Morgan fingerprint density at radius 3 is 2.38 bits per heavy atom. The molecule has 0 atom stereocenters. The first-order chi connectivity index (χ1) is 11.4. The van der Waals surface area contributed by atoms with Crippen molar-refractivity contribution in [1.29, 1.82) is 0 Å². The number of anilines is 1. The third kappa shape index (κ3) is 4.35. The van der Waals surface area contributed by atoms with Crippen molar-refractivity contribution < 1.29 is 4.79 Å². The van der Waals surface area contributed by atoms with Crippen LogP contribution in [0.2, 0.25) is 0 Å². The zero-order valence-electron chi connectivity index (χ0n) is 15.0. The molecule has 2 aromatic rings. The van der Waals surface area contributed by atoms with E-state index in [1.165, 1.54) is 11.8 Å². The third-order valence-electron chi connectivity index (χ3n) is 3.67. The third-order valence-corrected chi connectivity index (χ3v) is 4.59. The number of tetrazole rings is 1. The monoisotopic (exact) mass is 347 g/mol. The van der Waals surface area contributed by atoms with Gasteiger partial charge >= 0.3 is 0 Å². The quantitative estimate of drug-likeness (QED) is 0.812. The number of carbonyl (C=O) groups is 1. The van der Waals surface area contributed by atoms with Crippen LogP contribution < -0.4 is 5.32 Å². The lowest BCUT2D eigenvalue weighted by atomic mass is 10.0. The highest BCUT2D eigenvalue weighted by molar-refractivity contribution is 7.99. The lowest BCUT2D eigenvalue weighted by molar-refractivity contribution is -0.113. The molecular formula is C17H25N5OS. The van der Waals surface area contributed by atoms with Gasteiger partial charge < -0.3 is 5.32 Å². The topological polar surface area (TPSA) is 72.7 Å². The van der Waals surface area contributed by atoms with Gasteiger partial charge in [-0.1, -0.05) is 43.8 Å². The summed E-state index contributed by atoms with van der Waals surface area (Å²) in [6.07, 6.45) is 1.78. The first-order valence-electron chi connectivity index (χ1n) is 8.19. The highest BCUT2D eigenvalue weighted by Crippen LogP contribution is 2.24. The second-order valence-electron chi connectivity index (χ2n) is 6.54. The number of aryl methyl sites for hydroxylation is 2. The number of thioether (sulfide) groups is 1. The van der Waals surface area contributed by atoms with Gasteiger partial charge in [-0.2, -0.15) is 0 Å². The normalized spacial score (nSPS) is 11.5.